The molecule has 0 aliphatic rings. The van der Waals surface area contributed by atoms with E-state index in [-0.39, 0.29) is 0 Å². The molecule has 112 valence electrons. The molecule has 0 aliphatic carbocycles. The van der Waals surface area contributed by atoms with Crippen LogP contribution in [0.4, 0.5) is 17.5 Å². The number of aromatic nitrogens is 2. The van der Waals surface area contributed by atoms with Gasteiger partial charge in [0.25, 0.3) is 0 Å². The van der Waals surface area contributed by atoms with Crippen LogP contribution in [0.15, 0.2) is 34.9 Å². The van der Waals surface area contributed by atoms with Crippen LogP contribution in [0.3, 0.4) is 0 Å². The van der Waals surface area contributed by atoms with Gasteiger partial charge in [-0.1, -0.05) is 29.8 Å². The largest absolute Gasteiger partial charge is 0.370 e. The van der Waals surface area contributed by atoms with E-state index < -0.39 is 0 Å². The van der Waals surface area contributed by atoms with Crippen molar-refractivity contribution in [3.05, 3.63) is 40.5 Å². The van der Waals surface area contributed by atoms with Gasteiger partial charge in [-0.3, -0.25) is 0 Å². The van der Waals surface area contributed by atoms with Gasteiger partial charge in [0.05, 0.1) is 0 Å². The molecule has 1 heterocycles. The Morgan fingerprint density at radius 3 is 2.76 bits per heavy atom. The molecule has 0 unspecified atom stereocenters. The number of halogens is 1. The van der Waals surface area contributed by atoms with Gasteiger partial charge in [-0.25, -0.2) is 4.98 Å². The molecular formula is C16H21BrN4. The third kappa shape index (κ3) is 5.01. The standard InChI is InChI=1S/C16H21BrN4/c1-11(2)6-8-18-15-7-9-19-16(21-15)20-13-4-5-14(17)12(3)10-13/h4-5,7,9-11H,6,8H2,1-3H3,(H2,18,19,20,21). The summed E-state index contributed by atoms with van der Waals surface area (Å²) < 4.78 is 1.10. The number of benzene rings is 1. The molecule has 0 aliphatic heterocycles. The number of hydrogen-bond donors (Lipinski definition) is 2. The van der Waals surface area contributed by atoms with Crippen LogP contribution in [0.25, 0.3) is 0 Å². The maximum atomic E-state index is 4.47. The summed E-state index contributed by atoms with van der Waals surface area (Å²) in [6.07, 6.45) is 2.89. The van der Waals surface area contributed by atoms with E-state index in [2.05, 4.69) is 63.4 Å². The summed E-state index contributed by atoms with van der Waals surface area (Å²) in [6.45, 7) is 7.40. The van der Waals surface area contributed by atoms with Crippen molar-refractivity contribution in [2.75, 3.05) is 17.2 Å². The van der Waals surface area contributed by atoms with Crippen LogP contribution >= 0.6 is 15.9 Å². The number of nitrogens with one attached hydrogen (secondary N) is 2. The molecule has 0 bridgehead atoms. The van der Waals surface area contributed by atoms with Crippen LogP contribution in [-0.2, 0) is 0 Å². The van der Waals surface area contributed by atoms with Crippen molar-refractivity contribution in [3.63, 3.8) is 0 Å². The molecule has 1 aromatic carbocycles. The van der Waals surface area contributed by atoms with Crippen LogP contribution in [0.1, 0.15) is 25.8 Å². The van der Waals surface area contributed by atoms with Crippen molar-refractivity contribution in [3.8, 4) is 0 Å². The van der Waals surface area contributed by atoms with E-state index in [1.54, 1.807) is 6.20 Å². The predicted octanol–water partition coefficient (Wildman–Crippen LogP) is 4.75. The molecule has 0 radical (unpaired) electrons. The van der Waals surface area contributed by atoms with E-state index >= 15 is 0 Å². The highest BCUT2D eigenvalue weighted by Crippen LogP contribution is 2.22. The van der Waals surface area contributed by atoms with Crippen molar-refractivity contribution >= 4 is 33.4 Å². The Kier molecular flexibility index (Phi) is 5.56. The smallest absolute Gasteiger partial charge is 0.229 e. The second-order valence-electron chi connectivity index (χ2n) is 5.46. The Morgan fingerprint density at radius 1 is 1.24 bits per heavy atom. The van der Waals surface area contributed by atoms with E-state index in [0.29, 0.717) is 11.9 Å². The first kappa shape index (κ1) is 15.8. The summed E-state index contributed by atoms with van der Waals surface area (Å²) in [5.41, 5.74) is 2.15. The Bertz CT molecular complexity index is 599. The molecule has 4 nitrogen and oxygen atoms in total. The minimum atomic E-state index is 0.603. The molecule has 0 saturated carbocycles. The fraction of sp³-hybridized carbons (Fsp3) is 0.375. The molecule has 0 spiro atoms. The van der Waals surface area contributed by atoms with E-state index in [9.17, 15) is 0 Å². The highest BCUT2D eigenvalue weighted by molar-refractivity contribution is 9.10. The average molecular weight is 349 g/mol. The molecule has 0 amide bonds. The third-order valence-electron chi connectivity index (χ3n) is 3.10. The van der Waals surface area contributed by atoms with Gasteiger partial charge in [0, 0.05) is 22.9 Å². The maximum Gasteiger partial charge on any atom is 0.229 e. The second kappa shape index (κ2) is 7.41. The van der Waals surface area contributed by atoms with Gasteiger partial charge in [-0.15, -0.1) is 0 Å². The minimum Gasteiger partial charge on any atom is -0.370 e. The van der Waals surface area contributed by atoms with Crippen molar-refractivity contribution in [1.29, 1.82) is 0 Å². The van der Waals surface area contributed by atoms with Crippen LogP contribution in [0.2, 0.25) is 0 Å². The molecule has 2 N–H and O–H groups in total. The predicted molar refractivity (Wildman–Crippen MR) is 92.1 cm³/mol. The van der Waals surface area contributed by atoms with E-state index in [0.717, 1.165) is 28.9 Å². The number of aryl methyl sites for hydroxylation is 1. The Labute approximate surface area is 134 Å². The van der Waals surface area contributed by atoms with Gasteiger partial charge < -0.3 is 10.6 Å². The monoisotopic (exact) mass is 348 g/mol. The fourth-order valence-electron chi connectivity index (χ4n) is 1.86. The second-order valence-corrected chi connectivity index (χ2v) is 6.32. The molecule has 1 aromatic heterocycles. The summed E-state index contributed by atoms with van der Waals surface area (Å²) in [5.74, 6) is 2.14. The SMILES string of the molecule is Cc1cc(Nc2nccc(NCCC(C)C)n2)ccc1Br. The Morgan fingerprint density at radius 2 is 2.05 bits per heavy atom. The van der Waals surface area contributed by atoms with Crippen molar-refractivity contribution < 1.29 is 0 Å². The average Bonchev–Trinajstić information content (AvgIpc) is 2.43. The van der Waals surface area contributed by atoms with Gasteiger partial charge >= 0.3 is 0 Å². The van der Waals surface area contributed by atoms with Gasteiger partial charge in [0.1, 0.15) is 5.82 Å². The summed E-state index contributed by atoms with van der Waals surface area (Å²) in [6, 6.07) is 7.96. The zero-order chi connectivity index (χ0) is 15.2. The number of hydrogen-bond acceptors (Lipinski definition) is 4. The van der Waals surface area contributed by atoms with Crippen LogP contribution in [0, 0.1) is 12.8 Å². The molecule has 2 aromatic rings. The number of anilines is 3. The maximum absolute atomic E-state index is 4.47. The molecular weight excluding hydrogens is 328 g/mol. The Balaban J connectivity index is 2.01. The lowest BCUT2D eigenvalue weighted by Gasteiger charge is -2.10. The molecule has 21 heavy (non-hydrogen) atoms. The number of rotatable bonds is 6. The minimum absolute atomic E-state index is 0.603. The summed E-state index contributed by atoms with van der Waals surface area (Å²) in [7, 11) is 0. The summed E-state index contributed by atoms with van der Waals surface area (Å²) in [5, 5.41) is 6.55. The van der Waals surface area contributed by atoms with Crippen LogP contribution in [0.5, 0.6) is 0 Å². The zero-order valence-electron chi connectivity index (χ0n) is 12.7. The number of nitrogens with zero attached hydrogens (tertiary/aromatic N) is 2. The Hall–Kier alpha value is -1.62. The van der Waals surface area contributed by atoms with Crippen LogP contribution in [-0.4, -0.2) is 16.5 Å². The summed E-state index contributed by atoms with van der Waals surface area (Å²) in [4.78, 5) is 8.73. The first-order valence-electron chi connectivity index (χ1n) is 7.14. The first-order chi connectivity index (χ1) is 10.0. The highest BCUT2D eigenvalue weighted by Gasteiger charge is 2.02. The lowest BCUT2D eigenvalue weighted by Crippen LogP contribution is -2.07. The molecule has 0 atom stereocenters. The van der Waals surface area contributed by atoms with Crippen molar-refractivity contribution in [2.45, 2.75) is 27.2 Å². The molecule has 0 saturated heterocycles. The van der Waals surface area contributed by atoms with E-state index in [1.807, 2.05) is 18.2 Å². The zero-order valence-corrected chi connectivity index (χ0v) is 14.2. The quantitative estimate of drug-likeness (QED) is 0.790. The first-order valence-corrected chi connectivity index (χ1v) is 7.94. The lowest BCUT2D eigenvalue weighted by atomic mass is 10.1. The molecule has 0 fully saturated rings. The fourth-order valence-corrected chi connectivity index (χ4v) is 2.10. The normalized spacial score (nSPS) is 10.7. The molecule has 2 rings (SSSR count). The van der Waals surface area contributed by atoms with Crippen molar-refractivity contribution in [1.82, 2.24) is 9.97 Å². The van der Waals surface area contributed by atoms with Crippen LogP contribution < -0.4 is 10.6 Å². The summed E-state index contributed by atoms with van der Waals surface area (Å²) >= 11 is 3.50. The van der Waals surface area contributed by atoms with Gasteiger partial charge in [0.2, 0.25) is 5.95 Å². The molecule has 5 heteroatoms. The van der Waals surface area contributed by atoms with Gasteiger partial charge in [0.15, 0.2) is 0 Å². The van der Waals surface area contributed by atoms with Gasteiger partial charge in [-0.2, -0.15) is 4.98 Å². The lowest BCUT2D eigenvalue weighted by molar-refractivity contribution is 0.606. The third-order valence-corrected chi connectivity index (χ3v) is 3.99. The van der Waals surface area contributed by atoms with Gasteiger partial charge in [-0.05, 0) is 49.1 Å². The van der Waals surface area contributed by atoms with Crippen molar-refractivity contribution in [2.24, 2.45) is 5.92 Å². The van der Waals surface area contributed by atoms with E-state index in [4.69, 9.17) is 0 Å². The van der Waals surface area contributed by atoms with E-state index in [1.165, 1.54) is 5.56 Å². The topological polar surface area (TPSA) is 49.8 Å². The highest BCUT2D eigenvalue weighted by atomic mass is 79.9.